The molecule has 6 heteroatoms. The fraction of sp³-hybridized carbons (Fsp3) is 0.500. The molecular formula is C24H29NO5. The van der Waals surface area contributed by atoms with Crippen LogP contribution in [0, 0.1) is 5.92 Å². The van der Waals surface area contributed by atoms with Gasteiger partial charge in [0.05, 0.1) is 11.2 Å². The van der Waals surface area contributed by atoms with Crippen molar-refractivity contribution in [3.05, 3.63) is 53.6 Å². The van der Waals surface area contributed by atoms with Gasteiger partial charge in [0.25, 0.3) is 0 Å². The minimum absolute atomic E-state index is 0.0522. The van der Waals surface area contributed by atoms with E-state index in [-0.39, 0.29) is 42.3 Å². The molecule has 3 aliphatic rings. The number of rotatable bonds is 4. The predicted octanol–water partition coefficient (Wildman–Crippen LogP) is 3.67. The third kappa shape index (κ3) is 4.01. The van der Waals surface area contributed by atoms with Gasteiger partial charge in [-0.2, -0.15) is 0 Å². The number of carbonyl (C=O) groups excluding carboxylic acids is 2. The predicted molar refractivity (Wildman–Crippen MR) is 113 cm³/mol. The molecule has 160 valence electrons. The van der Waals surface area contributed by atoms with Crippen molar-refractivity contribution in [1.82, 2.24) is 0 Å². The smallest absolute Gasteiger partial charge is 0.338 e. The zero-order chi connectivity index (χ0) is 21.5. The summed E-state index contributed by atoms with van der Waals surface area (Å²) in [6.07, 6.45) is 4.97. The molecule has 0 N–H and O–H groups in total. The van der Waals surface area contributed by atoms with Crippen molar-refractivity contribution in [3.8, 4) is 0 Å². The van der Waals surface area contributed by atoms with E-state index in [1.807, 2.05) is 31.1 Å². The van der Waals surface area contributed by atoms with Crippen molar-refractivity contribution in [3.63, 3.8) is 0 Å². The average molecular weight is 411 g/mol. The van der Waals surface area contributed by atoms with Gasteiger partial charge in [-0.05, 0) is 62.4 Å². The Morgan fingerprint density at radius 1 is 1.30 bits per heavy atom. The Hall–Kier alpha value is -2.60. The first kappa shape index (κ1) is 20.7. The van der Waals surface area contributed by atoms with Gasteiger partial charge in [0.15, 0.2) is 0 Å². The largest absolute Gasteiger partial charge is 0.458 e. The molecule has 1 aromatic rings. The minimum Gasteiger partial charge on any atom is -0.458 e. The average Bonchev–Trinajstić information content (AvgIpc) is 3.31. The second kappa shape index (κ2) is 7.91. The molecule has 0 bridgehead atoms. The number of anilines is 1. The lowest BCUT2D eigenvalue weighted by atomic mass is 9.84. The van der Waals surface area contributed by atoms with Crippen LogP contribution in [0.3, 0.4) is 0 Å². The van der Waals surface area contributed by atoms with E-state index in [0.717, 1.165) is 36.9 Å². The Morgan fingerprint density at radius 2 is 2.03 bits per heavy atom. The number of carbonyl (C=O) groups is 2. The lowest BCUT2D eigenvalue weighted by Crippen LogP contribution is -2.29. The van der Waals surface area contributed by atoms with Crippen LogP contribution in [0.15, 0.2) is 48.1 Å². The van der Waals surface area contributed by atoms with Crippen molar-refractivity contribution >= 4 is 17.6 Å². The van der Waals surface area contributed by atoms with E-state index in [4.69, 9.17) is 14.2 Å². The molecular weight excluding hydrogens is 382 g/mol. The molecule has 6 nitrogen and oxygen atoms in total. The molecule has 0 aromatic heterocycles. The SMILES string of the molecule is C=C1C(=O)O[C@@H]2[C@H]3O[C@]3(C)CC/C=C(/COC(=O)c3ccc(N(C)C)cc3)CC[C@@H]12. The Bertz CT molecular complexity index is 887. The molecule has 4 rings (SSSR count). The maximum atomic E-state index is 12.5. The van der Waals surface area contributed by atoms with E-state index < -0.39 is 0 Å². The quantitative estimate of drug-likeness (QED) is 0.326. The van der Waals surface area contributed by atoms with Crippen LogP contribution in [0.1, 0.15) is 43.0 Å². The highest BCUT2D eigenvalue weighted by Gasteiger charge is 2.61. The van der Waals surface area contributed by atoms with Crippen molar-refractivity contribution < 1.29 is 23.8 Å². The number of esters is 2. The highest BCUT2D eigenvalue weighted by atomic mass is 16.6. The summed E-state index contributed by atoms with van der Waals surface area (Å²) in [6.45, 7) is 6.25. The number of ether oxygens (including phenoxy) is 3. The van der Waals surface area contributed by atoms with Crippen molar-refractivity contribution in [2.45, 2.75) is 50.4 Å². The zero-order valence-corrected chi connectivity index (χ0v) is 17.8. The fourth-order valence-electron chi connectivity index (χ4n) is 4.39. The summed E-state index contributed by atoms with van der Waals surface area (Å²) >= 11 is 0. The van der Waals surface area contributed by atoms with Crippen LogP contribution in [0.25, 0.3) is 0 Å². The molecule has 4 atom stereocenters. The fourth-order valence-corrected chi connectivity index (χ4v) is 4.39. The highest BCUT2D eigenvalue weighted by Crippen LogP contribution is 2.49. The Labute approximate surface area is 177 Å². The first-order chi connectivity index (χ1) is 14.3. The van der Waals surface area contributed by atoms with Crippen LogP contribution in [0.4, 0.5) is 5.69 Å². The number of fused-ring (bicyclic) bond motifs is 3. The number of benzene rings is 1. The summed E-state index contributed by atoms with van der Waals surface area (Å²) < 4.78 is 17.1. The van der Waals surface area contributed by atoms with Crippen LogP contribution >= 0.6 is 0 Å². The minimum atomic E-state index is -0.336. The molecule has 2 aliphatic heterocycles. The van der Waals surface area contributed by atoms with E-state index in [9.17, 15) is 9.59 Å². The summed E-state index contributed by atoms with van der Waals surface area (Å²) in [6, 6.07) is 7.35. The van der Waals surface area contributed by atoms with Gasteiger partial charge < -0.3 is 19.1 Å². The first-order valence-corrected chi connectivity index (χ1v) is 10.5. The third-order valence-corrected chi connectivity index (χ3v) is 6.45. The normalized spacial score (nSPS) is 32.2. The first-order valence-electron chi connectivity index (χ1n) is 10.5. The lowest BCUT2D eigenvalue weighted by Gasteiger charge is -2.20. The van der Waals surface area contributed by atoms with Gasteiger partial charge in [0.2, 0.25) is 0 Å². The molecule has 2 heterocycles. The molecule has 2 fully saturated rings. The van der Waals surface area contributed by atoms with Gasteiger partial charge in [0, 0.05) is 31.3 Å². The lowest BCUT2D eigenvalue weighted by molar-refractivity contribution is -0.140. The van der Waals surface area contributed by atoms with Gasteiger partial charge >= 0.3 is 11.9 Å². The topological polar surface area (TPSA) is 68.4 Å². The zero-order valence-electron chi connectivity index (χ0n) is 17.8. The van der Waals surface area contributed by atoms with E-state index in [1.165, 1.54) is 0 Å². The summed E-state index contributed by atoms with van der Waals surface area (Å²) in [7, 11) is 3.91. The van der Waals surface area contributed by atoms with Gasteiger partial charge in [-0.25, -0.2) is 9.59 Å². The maximum absolute atomic E-state index is 12.5. The van der Waals surface area contributed by atoms with Crippen LogP contribution < -0.4 is 4.90 Å². The number of allylic oxidation sites excluding steroid dienone is 1. The third-order valence-electron chi connectivity index (χ3n) is 6.45. The van der Waals surface area contributed by atoms with Crippen LogP contribution in [0.2, 0.25) is 0 Å². The van der Waals surface area contributed by atoms with Gasteiger partial charge in [-0.1, -0.05) is 12.7 Å². The number of epoxide rings is 1. The van der Waals surface area contributed by atoms with Crippen LogP contribution in [-0.2, 0) is 19.0 Å². The summed E-state index contributed by atoms with van der Waals surface area (Å²) in [5.74, 6) is -0.710. The van der Waals surface area contributed by atoms with Crippen molar-refractivity contribution in [2.75, 3.05) is 25.6 Å². The Balaban J connectivity index is 1.41. The van der Waals surface area contributed by atoms with Crippen LogP contribution in [0.5, 0.6) is 0 Å². The van der Waals surface area contributed by atoms with E-state index in [0.29, 0.717) is 11.1 Å². The Morgan fingerprint density at radius 3 is 2.73 bits per heavy atom. The van der Waals surface area contributed by atoms with Crippen molar-refractivity contribution in [2.24, 2.45) is 5.92 Å². The summed E-state index contributed by atoms with van der Waals surface area (Å²) in [4.78, 5) is 26.5. The van der Waals surface area contributed by atoms with E-state index in [2.05, 4.69) is 19.6 Å². The summed E-state index contributed by atoms with van der Waals surface area (Å²) in [5.41, 5.74) is 2.87. The molecule has 0 radical (unpaired) electrons. The number of hydrogen-bond donors (Lipinski definition) is 0. The molecule has 2 saturated heterocycles. The Kier molecular flexibility index (Phi) is 5.45. The van der Waals surface area contributed by atoms with Gasteiger partial charge in [-0.3, -0.25) is 0 Å². The molecule has 1 aliphatic carbocycles. The number of hydrogen-bond acceptors (Lipinski definition) is 6. The standard InChI is InChI=1S/C24H29NO5/c1-15-19-12-7-16(6-5-13-24(2)21(30-24)20(19)29-22(15)26)14-28-23(27)17-8-10-18(11-9-17)25(3)4/h6,8-11,19-21H,1,5,7,12-14H2,2-4H3/b16-6+/t19-,20-,21+,24+/m0/s1. The van der Waals surface area contributed by atoms with E-state index in [1.54, 1.807) is 12.1 Å². The molecule has 0 saturated carbocycles. The molecule has 0 unspecified atom stereocenters. The van der Waals surface area contributed by atoms with Gasteiger partial charge in [0.1, 0.15) is 18.8 Å². The second-order valence-electron chi connectivity index (χ2n) is 8.81. The molecule has 1 aromatic carbocycles. The summed E-state index contributed by atoms with van der Waals surface area (Å²) in [5, 5.41) is 0. The monoisotopic (exact) mass is 411 g/mol. The molecule has 0 spiro atoms. The highest BCUT2D eigenvalue weighted by molar-refractivity contribution is 5.91. The van der Waals surface area contributed by atoms with Gasteiger partial charge in [-0.15, -0.1) is 0 Å². The van der Waals surface area contributed by atoms with Crippen LogP contribution in [-0.4, -0.2) is 50.4 Å². The van der Waals surface area contributed by atoms with E-state index >= 15 is 0 Å². The molecule has 30 heavy (non-hydrogen) atoms. The van der Waals surface area contributed by atoms with Crippen molar-refractivity contribution in [1.29, 1.82) is 0 Å². The number of nitrogens with zero attached hydrogens (tertiary/aromatic N) is 1. The second-order valence-corrected chi connectivity index (χ2v) is 8.81. The maximum Gasteiger partial charge on any atom is 0.338 e. The molecule has 0 amide bonds.